The predicted molar refractivity (Wildman–Crippen MR) is 85.1 cm³/mol. The fourth-order valence-corrected chi connectivity index (χ4v) is 2.76. The van der Waals surface area contributed by atoms with Crippen LogP contribution in [0.15, 0.2) is 29.2 Å². The molecule has 0 saturated carbocycles. The van der Waals surface area contributed by atoms with E-state index in [4.69, 9.17) is 4.74 Å². The van der Waals surface area contributed by atoms with Crippen molar-refractivity contribution in [3.05, 3.63) is 24.3 Å². The standard InChI is InChI=1S/C15H26N2O3S/c1-13(2)9-12-20-14-5-7-15(8-6-14)21(18,19)17-11-4-10-16-3/h5-8,13,16-17H,4,9-12H2,1-3H3. The van der Waals surface area contributed by atoms with Gasteiger partial charge < -0.3 is 10.1 Å². The van der Waals surface area contributed by atoms with Gasteiger partial charge in [-0.15, -0.1) is 0 Å². The van der Waals surface area contributed by atoms with E-state index in [1.165, 1.54) is 0 Å². The lowest BCUT2D eigenvalue weighted by Gasteiger charge is -2.10. The molecule has 2 N–H and O–H groups in total. The molecule has 0 heterocycles. The molecule has 0 amide bonds. The molecule has 1 rings (SSSR count). The Morgan fingerprint density at radius 3 is 2.38 bits per heavy atom. The van der Waals surface area contributed by atoms with Crippen molar-refractivity contribution in [1.29, 1.82) is 0 Å². The van der Waals surface area contributed by atoms with Crippen LogP contribution in [0.4, 0.5) is 0 Å². The van der Waals surface area contributed by atoms with E-state index in [1.807, 2.05) is 7.05 Å². The van der Waals surface area contributed by atoms with Gasteiger partial charge in [-0.3, -0.25) is 0 Å². The number of ether oxygens (including phenoxy) is 1. The van der Waals surface area contributed by atoms with E-state index in [0.717, 1.165) is 19.4 Å². The van der Waals surface area contributed by atoms with Gasteiger partial charge in [0, 0.05) is 6.54 Å². The normalized spacial score (nSPS) is 11.8. The minimum atomic E-state index is -3.42. The predicted octanol–water partition coefficient (Wildman–Crippen LogP) is 2.00. The molecule has 120 valence electrons. The Labute approximate surface area is 128 Å². The summed E-state index contributed by atoms with van der Waals surface area (Å²) in [7, 11) is -1.58. The molecule has 0 aliphatic heterocycles. The first-order valence-corrected chi connectivity index (χ1v) is 8.81. The lowest BCUT2D eigenvalue weighted by atomic mass is 10.1. The van der Waals surface area contributed by atoms with E-state index in [2.05, 4.69) is 23.9 Å². The third-order valence-corrected chi connectivity index (χ3v) is 4.47. The summed E-state index contributed by atoms with van der Waals surface area (Å²) in [5.41, 5.74) is 0. The van der Waals surface area contributed by atoms with Gasteiger partial charge in [0.1, 0.15) is 5.75 Å². The highest BCUT2D eigenvalue weighted by molar-refractivity contribution is 7.89. The topological polar surface area (TPSA) is 67.4 Å². The number of hydrogen-bond acceptors (Lipinski definition) is 4. The Balaban J connectivity index is 2.52. The first kappa shape index (κ1) is 17.9. The maximum atomic E-state index is 12.0. The Morgan fingerprint density at radius 1 is 1.14 bits per heavy atom. The maximum Gasteiger partial charge on any atom is 0.240 e. The second kappa shape index (κ2) is 9.02. The second-order valence-electron chi connectivity index (χ2n) is 5.36. The second-order valence-corrected chi connectivity index (χ2v) is 7.12. The third-order valence-electron chi connectivity index (χ3n) is 2.99. The molecule has 0 aliphatic carbocycles. The molecule has 0 aromatic heterocycles. The van der Waals surface area contributed by atoms with Crippen molar-refractivity contribution in [2.24, 2.45) is 5.92 Å². The van der Waals surface area contributed by atoms with E-state index < -0.39 is 10.0 Å². The molecule has 0 unspecified atom stereocenters. The van der Waals surface area contributed by atoms with Crippen molar-refractivity contribution in [2.75, 3.05) is 26.7 Å². The molecule has 6 heteroatoms. The van der Waals surface area contributed by atoms with Gasteiger partial charge in [-0.1, -0.05) is 13.8 Å². The van der Waals surface area contributed by atoms with Crippen LogP contribution >= 0.6 is 0 Å². The minimum Gasteiger partial charge on any atom is -0.494 e. The highest BCUT2D eigenvalue weighted by Gasteiger charge is 2.12. The molecular weight excluding hydrogens is 288 g/mol. The largest absolute Gasteiger partial charge is 0.494 e. The highest BCUT2D eigenvalue weighted by Crippen LogP contribution is 2.16. The third kappa shape index (κ3) is 6.93. The fourth-order valence-electron chi connectivity index (χ4n) is 1.68. The number of hydrogen-bond donors (Lipinski definition) is 2. The van der Waals surface area contributed by atoms with Gasteiger partial charge in [-0.05, 0) is 56.6 Å². The van der Waals surface area contributed by atoms with Crippen molar-refractivity contribution >= 4 is 10.0 Å². The van der Waals surface area contributed by atoms with Crippen LogP contribution in [0.3, 0.4) is 0 Å². The zero-order valence-electron chi connectivity index (χ0n) is 13.1. The first-order chi connectivity index (χ1) is 9.95. The summed E-state index contributed by atoms with van der Waals surface area (Å²) in [4.78, 5) is 0.267. The molecule has 0 fully saturated rings. The summed E-state index contributed by atoms with van der Waals surface area (Å²) in [5.74, 6) is 1.29. The van der Waals surface area contributed by atoms with Gasteiger partial charge in [-0.2, -0.15) is 0 Å². The average Bonchev–Trinajstić information content (AvgIpc) is 2.44. The van der Waals surface area contributed by atoms with E-state index in [9.17, 15) is 8.42 Å². The van der Waals surface area contributed by atoms with Crippen molar-refractivity contribution in [2.45, 2.75) is 31.6 Å². The summed E-state index contributed by atoms with van der Waals surface area (Å²) in [6.45, 7) is 6.13. The SMILES string of the molecule is CNCCCNS(=O)(=O)c1ccc(OCCC(C)C)cc1. The molecule has 0 bridgehead atoms. The molecule has 0 spiro atoms. The van der Waals surface area contributed by atoms with Crippen LogP contribution < -0.4 is 14.8 Å². The van der Waals surface area contributed by atoms with Crippen LogP contribution in [0.5, 0.6) is 5.75 Å². The van der Waals surface area contributed by atoms with E-state index in [-0.39, 0.29) is 4.90 Å². The molecule has 1 aromatic rings. The van der Waals surface area contributed by atoms with Crippen molar-refractivity contribution in [3.63, 3.8) is 0 Å². The molecule has 0 aliphatic rings. The lowest BCUT2D eigenvalue weighted by molar-refractivity contribution is 0.289. The summed E-state index contributed by atoms with van der Waals surface area (Å²) < 4.78 is 32.2. The Kier molecular flexibility index (Phi) is 7.71. The first-order valence-electron chi connectivity index (χ1n) is 7.33. The van der Waals surface area contributed by atoms with Crippen LogP contribution in [0.2, 0.25) is 0 Å². The summed E-state index contributed by atoms with van der Waals surface area (Å²) in [6, 6.07) is 6.54. The smallest absolute Gasteiger partial charge is 0.240 e. The minimum absolute atomic E-state index is 0.267. The highest BCUT2D eigenvalue weighted by atomic mass is 32.2. The molecule has 5 nitrogen and oxygen atoms in total. The monoisotopic (exact) mass is 314 g/mol. The van der Waals surface area contributed by atoms with Crippen molar-refractivity contribution in [1.82, 2.24) is 10.0 Å². The summed E-state index contributed by atoms with van der Waals surface area (Å²) >= 11 is 0. The summed E-state index contributed by atoms with van der Waals surface area (Å²) in [5, 5.41) is 2.98. The molecule has 1 aromatic carbocycles. The van der Waals surface area contributed by atoms with Gasteiger partial charge in [0.25, 0.3) is 0 Å². The molecule has 0 radical (unpaired) electrons. The Morgan fingerprint density at radius 2 is 1.81 bits per heavy atom. The van der Waals surface area contributed by atoms with Crippen molar-refractivity contribution < 1.29 is 13.2 Å². The quantitative estimate of drug-likeness (QED) is 0.648. The lowest BCUT2D eigenvalue weighted by Crippen LogP contribution is -2.26. The van der Waals surface area contributed by atoms with Crippen LogP contribution in [-0.2, 0) is 10.0 Å². The maximum absolute atomic E-state index is 12.0. The number of sulfonamides is 1. The number of rotatable bonds is 10. The fraction of sp³-hybridized carbons (Fsp3) is 0.600. The van der Waals surface area contributed by atoms with Gasteiger partial charge in [-0.25, -0.2) is 13.1 Å². The van der Waals surface area contributed by atoms with Gasteiger partial charge >= 0.3 is 0 Å². The zero-order valence-corrected chi connectivity index (χ0v) is 13.9. The van der Waals surface area contributed by atoms with Gasteiger partial charge in [0.05, 0.1) is 11.5 Å². The van der Waals surface area contributed by atoms with Crippen LogP contribution in [0, 0.1) is 5.92 Å². The Hall–Kier alpha value is -1.11. The van der Waals surface area contributed by atoms with Crippen LogP contribution in [0.25, 0.3) is 0 Å². The van der Waals surface area contributed by atoms with Crippen molar-refractivity contribution in [3.8, 4) is 5.75 Å². The van der Waals surface area contributed by atoms with E-state index in [1.54, 1.807) is 24.3 Å². The van der Waals surface area contributed by atoms with E-state index >= 15 is 0 Å². The van der Waals surface area contributed by atoms with Crippen LogP contribution in [-0.4, -0.2) is 35.2 Å². The van der Waals surface area contributed by atoms with E-state index in [0.29, 0.717) is 24.8 Å². The van der Waals surface area contributed by atoms with Gasteiger partial charge in [0.2, 0.25) is 10.0 Å². The van der Waals surface area contributed by atoms with Gasteiger partial charge in [0.15, 0.2) is 0 Å². The molecule has 0 saturated heterocycles. The van der Waals surface area contributed by atoms with Crippen LogP contribution in [0.1, 0.15) is 26.7 Å². The zero-order chi connectivity index (χ0) is 15.7. The number of benzene rings is 1. The Bertz CT molecular complexity index is 498. The summed E-state index contributed by atoms with van der Waals surface area (Å²) in [6.07, 6.45) is 1.74. The number of nitrogens with one attached hydrogen (secondary N) is 2. The molecule has 21 heavy (non-hydrogen) atoms. The molecular formula is C15H26N2O3S. The average molecular weight is 314 g/mol. The molecule has 0 atom stereocenters.